The molecule has 0 unspecified atom stereocenters. The molecule has 3 rings (SSSR count). The number of benzene rings is 2. The number of thioether (sulfide) groups is 1. The predicted octanol–water partition coefficient (Wildman–Crippen LogP) is 4.18. The minimum Gasteiger partial charge on any atom is -0.495 e. The lowest BCUT2D eigenvalue weighted by Crippen LogP contribution is -2.14. The molecule has 0 fully saturated rings. The van der Waals surface area contributed by atoms with Gasteiger partial charge in [-0.15, -0.1) is 11.8 Å². The number of anilines is 1. The summed E-state index contributed by atoms with van der Waals surface area (Å²) in [5.74, 6) is 1.25. The van der Waals surface area contributed by atoms with E-state index in [1.54, 1.807) is 43.5 Å². The van der Waals surface area contributed by atoms with E-state index in [1.807, 2.05) is 12.3 Å². The molecule has 3 aromatic rings. The summed E-state index contributed by atoms with van der Waals surface area (Å²) in [5, 5.41) is 0. The van der Waals surface area contributed by atoms with Crippen molar-refractivity contribution >= 4 is 27.5 Å². The molecule has 0 aliphatic heterocycles. The first-order valence-electron chi connectivity index (χ1n) is 7.70. The molecule has 6 nitrogen and oxygen atoms in total. The average Bonchev–Trinajstić information content (AvgIpc) is 3.07. The van der Waals surface area contributed by atoms with E-state index in [9.17, 15) is 8.42 Å². The molecule has 0 saturated carbocycles. The van der Waals surface area contributed by atoms with Crippen LogP contribution in [-0.2, 0) is 10.0 Å². The molecule has 1 N–H and O–H groups in total. The van der Waals surface area contributed by atoms with Crippen molar-refractivity contribution in [3.05, 3.63) is 54.6 Å². The van der Waals surface area contributed by atoms with E-state index in [2.05, 4.69) is 9.71 Å². The molecule has 2 aromatic carbocycles. The number of oxazole rings is 1. The number of aromatic nitrogens is 1. The molecule has 0 aliphatic rings. The van der Waals surface area contributed by atoms with Gasteiger partial charge in [-0.2, -0.15) is 0 Å². The molecule has 0 aliphatic carbocycles. The minimum absolute atomic E-state index is 0.0288. The van der Waals surface area contributed by atoms with E-state index in [0.717, 1.165) is 4.90 Å². The predicted molar refractivity (Wildman–Crippen MR) is 102 cm³/mol. The largest absolute Gasteiger partial charge is 0.495 e. The summed E-state index contributed by atoms with van der Waals surface area (Å²) in [4.78, 5) is 5.04. The van der Waals surface area contributed by atoms with E-state index in [4.69, 9.17) is 9.15 Å². The number of nitrogens with one attached hydrogen (secondary N) is 1. The van der Waals surface area contributed by atoms with Gasteiger partial charge in [0.15, 0.2) is 11.7 Å². The minimum atomic E-state index is -3.85. The molecule has 0 bridgehead atoms. The second-order valence-electron chi connectivity index (χ2n) is 5.45. The number of nitrogens with zero attached hydrogens (tertiary/aromatic N) is 1. The Bertz CT molecular complexity index is 1030. The highest BCUT2D eigenvalue weighted by Crippen LogP contribution is 2.32. The Balaban J connectivity index is 2.02. The Morgan fingerprint density at radius 2 is 2.00 bits per heavy atom. The Morgan fingerprint density at radius 1 is 1.19 bits per heavy atom. The second-order valence-corrected chi connectivity index (χ2v) is 7.98. The maximum Gasteiger partial charge on any atom is 0.265 e. The van der Waals surface area contributed by atoms with Crippen LogP contribution in [0.3, 0.4) is 0 Å². The number of hydrogen-bond donors (Lipinski definition) is 1. The average molecular weight is 390 g/mol. The Labute approximate surface area is 156 Å². The Morgan fingerprint density at radius 3 is 2.65 bits per heavy atom. The molecular formula is C18H18N2O4S2. The van der Waals surface area contributed by atoms with E-state index >= 15 is 0 Å². The lowest BCUT2D eigenvalue weighted by Gasteiger charge is -2.13. The molecule has 1 aromatic heterocycles. The number of hydrogen-bond acceptors (Lipinski definition) is 6. The third-order valence-corrected chi connectivity index (χ3v) is 5.81. The molecule has 8 heteroatoms. The Hall–Kier alpha value is -2.45. The standard InChI is InChI=1S/C18H18N2O4S2/c1-12-19-11-17(24-12)13-7-8-16(23-2)18(9-13)26(21,22)20-14-5-4-6-15(10-14)25-3/h4-11,20H,1-3H3. The number of sulfonamides is 1. The molecule has 0 saturated heterocycles. The molecule has 0 radical (unpaired) electrons. The van der Waals surface area contributed by atoms with Crippen LogP contribution >= 0.6 is 11.8 Å². The van der Waals surface area contributed by atoms with Crippen molar-refractivity contribution in [1.82, 2.24) is 4.98 Å². The van der Waals surface area contributed by atoms with Gasteiger partial charge in [-0.1, -0.05) is 6.07 Å². The van der Waals surface area contributed by atoms with E-state index < -0.39 is 10.0 Å². The van der Waals surface area contributed by atoms with Crippen molar-refractivity contribution in [3.8, 4) is 17.1 Å². The van der Waals surface area contributed by atoms with Crippen LogP contribution < -0.4 is 9.46 Å². The summed E-state index contributed by atoms with van der Waals surface area (Å²) in [5.41, 5.74) is 1.09. The van der Waals surface area contributed by atoms with E-state index in [0.29, 0.717) is 22.9 Å². The van der Waals surface area contributed by atoms with Gasteiger partial charge >= 0.3 is 0 Å². The van der Waals surface area contributed by atoms with Gasteiger partial charge in [0, 0.05) is 23.1 Å². The zero-order valence-corrected chi connectivity index (χ0v) is 16.1. The fourth-order valence-corrected chi connectivity index (χ4v) is 4.14. The first-order chi connectivity index (χ1) is 12.4. The molecule has 0 atom stereocenters. The third kappa shape index (κ3) is 3.86. The summed E-state index contributed by atoms with van der Waals surface area (Å²) in [6.07, 6.45) is 3.49. The van der Waals surface area contributed by atoms with Crippen molar-refractivity contribution < 1.29 is 17.6 Å². The van der Waals surface area contributed by atoms with E-state index in [-0.39, 0.29) is 10.6 Å². The van der Waals surface area contributed by atoms with Crippen LogP contribution in [-0.4, -0.2) is 26.8 Å². The van der Waals surface area contributed by atoms with E-state index in [1.165, 1.54) is 24.9 Å². The zero-order valence-electron chi connectivity index (χ0n) is 14.5. The molecular weight excluding hydrogens is 372 g/mol. The zero-order chi connectivity index (χ0) is 18.7. The number of rotatable bonds is 6. The van der Waals surface area contributed by atoms with Crippen LogP contribution in [0.2, 0.25) is 0 Å². The first-order valence-corrected chi connectivity index (χ1v) is 10.4. The van der Waals surface area contributed by atoms with Gasteiger partial charge in [-0.25, -0.2) is 13.4 Å². The first kappa shape index (κ1) is 18.3. The lowest BCUT2D eigenvalue weighted by atomic mass is 10.2. The van der Waals surface area contributed by atoms with Crippen molar-refractivity contribution in [3.63, 3.8) is 0 Å². The summed E-state index contributed by atoms with van der Waals surface area (Å²) < 4.78 is 39.2. The van der Waals surface area contributed by atoms with Crippen molar-refractivity contribution in [2.75, 3.05) is 18.1 Å². The number of aryl methyl sites for hydroxylation is 1. The van der Waals surface area contributed by atoms with Crippen LogP contribution in [0.25, 0.3) is 11.3 Å². The fraction of sp³-hybridized carbons (Fsp3) is 0.167. The van der Waals surface area contributed by atoms with Crippen molar-refractivity contribution in [1.29, 1.82) is 0 Å². The van der Waals surface area contributed by atoms with Gasteiger partial charge in [0.05, 0.1) is 13.3 Å². The normalized spacial score (nSPS) is 11.3. The van der Waals surface area contributed by atoms with Crippen molar-refractivity contribution in [2.45, 2.75) is 16.7 Å². The molecule has 1 heterocycles. The van der Waals surface area contributed by atoms with Crippen LogP contribution in [0.1, 0.15) is 5.89 Å². The smallest absolute Gasteiger partial charge is 0.265 e. The number of methoxy groups -OCH3 is 1. The summed E-state index contributed by atoms with van der Waals surface area (Å²) >= 11 is 1.54. The van der Waals surface area contributed by atoms with Gasteiger partial charge in [-0.3, -0.25) is 4.72 Å². The highest BCUT2D eigenvalue weighted by molar-refractivity contribution is 7.98. The van der Waals surface area contributed by atoms with Gasteiger partial charge in [0.25, 0.3) is 10.0 Å². The lowest BCUT2D eigenvalue weighted by molar-refractivity contribution is 0.403. The van der Waals surface area contributed by atoms with Gasteiger partial charge < -0.3 is 9.15 Å². The van der Waals surface area contributed by atoms with Crippen LogP contribution in [0.4, 0.5) is 5.69 Å². The fourth-order valence-electron chi connectivity index (χ4n) is 2.43. The maximum atomic E-state index is 12.9. The maximum absolute atomic E-state index is 12.9. The summed E-state index contributed by atoms with van der Waals surface area (Å²) in [6.45, 7) is 1.73. The molecule has 26 heavy (non-hydrogen) atoms. The highest BCUT2D eigenvalue weighted by atomic mass is 32.2. The molecule has 0 spiro atoms. The van der Waals surface area contributed by atoms with Crippen LogP contribution in [0.5, 0.6) is 5.75 Å². The molecule has 0 amide bonds. The summed E-state index contributed by atoms with van der Waals surface area (Å²) in [7, 11) is -2.42. The van der Waals surface area contributed by atoms with Crippen LogP contribution in [0.15, 0.2) is 62.9 Å². The van der Waals surface area contributed by atoms with Gasteiger partial charge in [0.1, 0.15) is 10.6 Å². The quantitative estimate of drug-likeness (QED) is 0.636. The highest BCUT2D eigenvalue weighted by Gasteiger charge is 2.21. The molecule has 136 valence electrons. The topological polar surface area (TPSA) is 81.4 Å². The monoisotopic (exact) mass is 390 g/mol. The number of ether oxygens (including phenoxy) is 1. The van der Waals surface area contributed by atoms with Crippen molar-refractivity contribution in [2.24, 2.45) is 0 Å². The summed E-state index contributed by atoms with van der Waals surface area (Å²) in [6, 6.07) is 12.0. The second kappa shape index (κ2) is 7.43. The Kier molecular flexibility index (Phi) is 5.24. The van der Waals surface area contributed by atoms with Gasteiger partial charge in [-0.05, 0) is 42.7 Å². The van der Waals surface area contributed by atoms with Crippen LogP contribution in [0, 0.1) is 6.92 Å². The van der Waals surface area contributed by atoms with Gasteiger partial charge in [0.2, 0.25) is 0 Å². The third-order valence-electron chi connectivity index (χ3n) is 3.68. The SMILES string of the molecule is COc1ccc(-c2cnc(C)o2)cc1S(=O)(=O)Nc1cccc(SC)c1.